The van der Waals surface area contributed by atoms with Gasteiger partial charge in [-0.25, -0.2) is 0 Å². The van der Waals surface area contributed by atoms with Crippen LogP contribution in [0.2, 0.25) is 0 Å². The quantitative estimate of drug-likeness (QED) is 0.849. The largest absolute Gasteiger partial charge is 0.391 e. The fourth-order valence-corrected chi connectivity index (χ4v) is 3.60. The number of halogens is 1. The van der Waals surface area contributed by atoms with Crippen molar-refractivity contribution in [3.8, 4) is 0 Å². The molecule has 1 saturated heterocycles. The molecule has 0 radical (unpaired) electrons. The molecule has 0 spiro atoms. The van der Waals surface area contributed by atoms with Crippen LogP contribution in [-0.4, -0.2) is 56.4 Å². The molecule has 1 aromatic carbocycles. The summed E-state index contributed by atoms with van der Waals surface area (Å²) in [5, 5.41) is 13.3. The van der Waals surface area contributed by atoms with Gasteiger partial charge < -0.3 is 20.2 Å². The van der Waals surface area contributed by atoms with Crippen LogP contribution in [-0.2, 0) is 0 Å². The van der Waals surface area contributed by atoms with Gasteiger partial charge in [-0.05, 0) is 68.1 Å². The maximum Gasteiger partial charge on any atom is 0.0735 e. The van der Waals surface area contributed by atoms with Crippen LogP contribution in [0.25, 0.3) is 0 Å². The van der Waals surface area contributed by atoms with Crippen molar-refractivity contribution in [1.82, 2.24) is 10.2 Å². The molecule has 118 valence electrons. The van der Waals surface area contributed by atoms with Crippen molar-refractivity contribution in [2.24, 2.45) is 0 Å². The minimum Gasteiger partial charge on any atom is -0.391 e. The molecule has 0 amide bonds. The number of benzene rings is 1. The van der Waals surface area contributed by atoms with Crippen molar-refractivity contribution >= 4 is 21.6 Å². The number of aliphatic hydroxyl groups is 1. The summed E-state index contributed by atoms with van der Waals surface area (Å²) in [6, 6.07) is 7.19. The van der Waals surface area contributed by atoms with Crippen LogP contribution in [0, 0.1) is 0 Å². The number of rotatable bonds is 5. The highest BCUT2D eigenvalue weighted by Gasteiger charge is 2.32. The predicted molar refractivity (Wildman–Crippen MR) is 91.9 cm³/mol. The smallest absolute Gasteiger partial charge is 0.0735 e. The first kappa shape index (κ1) is 16.7. The Morgan fingerprint density at radius 3 is 2.76 bits per heavy atom. The van der Waals surface area contributed by atoms with Gasteiger partial charge in [0.15, 0.2) is 0 Å². The summed E-state index contributed by atoms with van der Waals surface area (Å²) in [6.45, 7) is 3.81. The highest BCUT2D eigenvalue weighted by molar-refractivity contribution is 9.10. The van der Waals surface area contributed by atoms with E-state index in [1.807, 2.05) is 7.05 Å². The lowest BCUT2D eigenvalue weighted by atomic mass is 10.1. The number of nitrogens with one attached hydrogen (secondary N) is 1. The van der Waals surface area contributed by atoms with Crippen LogP contribution in [0.3, 0.4) is 0 Å². The van der Waals surface area contributed by atoms with Gasteiger partial charge >= 0.3 is 0 Å². The third-order valence-corrected chi connectivity index (χ3v) is 4.82. The lowest BCUT2D eigenvalue weighted by molar-refractivity contribution is 0.191. The first-order valence-corrected chi connectivity index (χ1v) is 8.27. The van der Waals surface area contributed by atoms with Gasteiger partial charge in [0, 0.05) is 29.6 Å². The second-order valence-electron chi connectivity index (χ2n) is 6.18. The summed E-state index contributed by atoms with van der Waals surface area (Å²) < 4.78 is 1.10. The lowest BCUT2D eigenvalue weighted by Crippen LogP contribution is -2.37. The number of aliphatic hydroxyl groups excluding tert-OH is 1. The molecule has 2 rings (SSSR count). The molecule has 3 unspecified atom stereocenters. The average Bonchev–Trinajstić information content (AvgIpc) is 2.77. The highest BCUT2D eigenvalue weighted by Crippen LogP contribution is 2.34. The molecule has 2 N–H and O–H groups in total. The minimum absolute atomic E-state index is 0.238. The van der Waals surface area contributed by atoms with Crippen LogP contribution in [0.1, 0.15) is 24.9 Å². The molecule has 4 nitrogen and oxygen atoms in total. The molecule has 1 aromatic rings. The first-order valence-electron chi connectivity index (χ1n) is 7.48. The molecular weight excluding hydrogens is 330 g/mol. The molecule has 1 aliphatic rings. The Morgan fingerprint density at radius 1 is 1.48 bits per heavy atom. The number of hydrogen-bond acceptors (Lipinski definition) is 4. The van der Waals surface area contributed by atoms with Crippen molar-refractivity contribution in [3.05, 3.63) is 28.2 Å². The molecule has 0 saturated carbocycles. The van der Waals surface area contributed by atoms with Gasteiger partial charge in [0.2, 0.25) is 0 Å². The normalized spacial score (nSPS) is 23.9. The van der Waals surface area contributed by atoms with Crippen LogP contribution < -0.4 is 10.2 Å². The molecule has 0 aliphatic carbocycles. The highest BCUT2D eigenvalue weighted by atomic mass is 79.9. The molecule has 0 bridgehead atoms. The van der Waals surface area contributed by atoms with E-state index in [9.17, 15) is 5.11 Å². The summed E-state index contributed by atoms with van der Waals surface area (Å²) in [7, 11) is 6.13. The Balaban J connectivity index is 2.23. The number of likely N-dealkylation sites (N-methyl/N-ethyl adjacent to an activating group) is 1. The zero-order chi connectivity index (χ0) is 15.6. The van der Waals surface area contributed by atoms with E-state index in [4.69, 9.17) is 0 Å². The van der Waals surface area contributed by atoms with Crippen LogP contribution in [0.5, 0.6) is 0 Å². The van der Waals surface area contributed by atoms with Crippen LogP contribution >= 0.6 is 15.9 Å². The predicted octanol–water partition coefficient (Wildman–Crippen LogP) is 2.23. The van der Waals surface area contributed by atoms with Crippen molar-refractivity contribution < 1.29 is 5.11 Å². The van der Waals surface area contributed by atoms with Gasteiger partial charge in [0.1, 0.15) is 0 Å². The van der Waals surface area contributed by atoms with Gasteiger partial charge in [0.05, 0.1) is 11.8 Å². The second-order valence-corrected chi connectivity index (χ2v) is 7.03. The van der Waals surface area contributed by atoms with E-state index in [0.29, 0.717) is 18.6 Å². The minimum atomic E-state index is -0.238. The molecule has 3 atom stereocenters. The average molecular weight is 356 g/mol. The van der Waals surface area contributed by atoms with Crippen molar-refractivity contribution in [1.29, 1.82) is 0 Å². The SMILES string of the molecule is CNC(C)c1ccc(N2CC(O)CC2CN(C)C)c(Br)c1. The molecule has 1 aliphatic heterocycles. The van der Waals surface area contributed by atoms with E-state index in [0.717, 1.165) is 17.4 Å². The fraction of sp³-hybridized carbons (Fsp3) is 0.625. The van der Waals surface area contributed by atoms with E-state index in [2.05, 4.69) is 70.3 Å². The summed E-state index contributed by atoms with van der Waals surface area (Å²) in [5.41, 5.74) is 2.43. The van der Waals surface area contributed by atoms with Crippen molar-refractivity contribution in [2.75, 3.05) is 39.1 Å². The maximum atomic E-state index is 10.0. The standard InChI is InChI=1S/C16H26BrN3O/c1-11(18-2)12-5-6-16(15(17)7-12)20-10-14(21)8-13(20)9-19(3)4/h5-7,11,13-14,18,21H,8-10H2,1-4H3. The van der Waals surface area contributed by atoms with Gasteiger partial charge in [-0.1, -0.05) is 6.07 Å². The zero-order valence-corrected chi connectivity index (χ0v) is 14.9. The zero-order valence-electron chi connectivity index (χ0n) is 13.3. The number of nitrogens with zero attached hydrogens (tertiary/aromatic N) is 2. The van der Waals surface area contributed by atoms with Gasteiger partial charge in [-0.3, -0.25) is 0 Å². The van der Waals surface area contributed by atoms with Gasteiger partial charge in [-0.2, -0.15) is 0 Å². The van der Waals surface area contributed by atoms with Crippen LogP contribution in [0.4, 0.5) is 5.69 Å². The van der Waals surface area contributed by atoms with E-state index in [1.54, 1.807) is 0 Å². The molecular formula is C16H26BrN3O. The Labute approximate surface area is 136 Å². The fourth-order valence-electron chi connectivity index (χ4n) is 2.97. The summed E-state index contributed by atoms with van der Waals surface area (Å²) in [5.74, 6) is 0. The van der Waals surface area contributed by atoms with E-state index in [-0.39, 0.29) is 6.10 Å². The Hall–Kier alpha value is -0.620. The number of hydrogen-bond donors (Lipinski definition) is 2. The molecule has 0 aromatic heterocycles. The number of anilines is 1. The third kappa shape index (κ3) is 3.97. The molecule has 1 fully saturated rings. The molecule has 21 heavy (non-hydrogen) atoms. The Bertz CT molecular complexity index is 481. The lowest BCUT2D eigenvalue weighted by Gasteiger charge is -2.30. The van der Waals surface area contributed by atoms with E-state index < -0.39 is 0 Å². The monoisotopic (exact) mass is 355 g/mol. The maximum absolute atomic E-state index is 10.0. The van der Waals surface area contributed by atoms with Crippen molar-refractivity contribution in [3.63, 3.8) is 0 Å². The van der Waals surface area contributed by atoms with Crippen molar-refractivity contribution in [2.45, 2.75) is 31.5 Å². The van der Waals surface area contributed by atoms with E-state index in [1.165, 1.54) is 11.3 Å². The summed E-state index contributed by atoms with van der Waals surface area (Å²) in [6.07, 6.45) is 0.594. The third-order valence-electron chi connectivity index (χ3n) is 4.18. The first-order chi connectivity index (χ1) is 9.92. The Kier molecular flexibility index (Phi) is 5.66. The second kappa shape index (κ2) is 7.09. The molecule has 5 heteroatoms. The number of β-amino-alcohol motifs (C(OH)–C–C–N with tert-alkyl or cyclic N) is 1. The Morgan fingerprint density at radius 2 is 2.19 bits per heavy atom. The summed E-state index contributed by atoms with van der Waals surface area (Å²) >= 11 is 3.70. The van der Waals surface area contributed by atoms with E-state index >= 15 is 0 Å². The molecule has 1 heterocycles. The summed E-state index contributed by atoms with van der Waals surface area (Å²) in [4.78, 5) is 4.50. The van der Waals surface area contributed by atoms with Gasteiger partial charge in [0.25, 0.3) is 0 Å². The van der Waals surface area contributed by atoms with Gasteiger partial charge in [-0.15, -0.1) is 0 Å². The van der Waals surface area contributed by atoms with Crippen LogP contribution in [0.15, 0.2) is 22.7 Å². The topological polar surface area (TPSA) is 38.7 Å².